The predicted octanol–water partition coefficient (Wildman–Crippen LogP) is 4.08. The van der Waals surface area contributed by atoms with Crippen molar-refractivity contribution in [2.45, 2.75) is 52.3 Å². The second-order valence-electron chi connectivity index (χ2n) is 3.82. The summed E-state index contributed by atoms with van der Waals surface area (Å²) in [6.45, 7) is 8.87. The molecule has 0 N–H and O–H groups in total. The van der Waals surface area contributed by atoms with E-state index in [0.29, 0.717) is 5.38 Å². The molecular weight excluding hydrogens is 156 g/mol. The van der Waals surface area contributed by atoms with Gasteiger partial charge < -0.3 is 0 Å². The molecule has 0 spiro atoms. The van der Waals surface area contributed by atoms with E-state index in [1.54, 1.807) is 0 Å². The molecular formula is C10H21Cl. The molecule has 0 nitrogen and oxygen atoms in total. The fourth-order valence-corrected chi connectivity index (χ4v) is 1.61. The Labute approximate surface area is 76.3 Å². The molecule has 0 heterocycles. The highest BCUT2D eigenvalue weighted by atomic mass is 35.5. The summed E-state index contributed by atoms with van der Waals surface area (Å²) in [7, 11) is 0. The summed E-state index contributed by atoms with van der Waals surface area (Å²) in [5.74, 6) is 1.54. The number of hydrogen-bond acceptors (Lipinski definition) is 0. The fraction of sp³-hybridized carbons (Fsp3) is 1.00. The van der Waals surface area contributed by atoms with Crippen LogP contribution in [0.2, 0.25) is 0 Å². The van der Waals surface area contributed by atoms with Gasteiger partial charge in [-0.1, -0.05) is 33.6 Å². The van der Waals surface area contributed by atoms with E-state index in [-0.39, 0.29) is 0 Å². The van der Waals surface area contributed by atoms with Gasteiger partial charge in [-0.15, -0.1) is 11.6 Å². The number of alkyl halides is 1. The van der Waals surface area contributed by atoms with Crippen LogP contribution in [0.3, 0.4) is 0 Å². The van der Waals surface area contributed by atoms with Crippen molar-refractivity contribution in [3.63, 3.8) is 0 Å². The van der Waals surface area contributed by atoms with Gasteiger partial charge in [-0.25, -0.2) is 0 Å². The van der Waals surface area contributed by atoms with E-state index >= 15 is 0 Å². The van der Waals surface area contributed by atoms with Crippen molar-refractivity contribution in [2.75, 3.05) is 0 Å². The highest BCUT2D eigenvalue weighted by Crippen LogP contribution is 2.21. The quantitative estimate of drug-likeness (QED) is 0.554. The molecule has 0 amide bonds. The molecule has 0 saturated heterocycles. The Hall–Kier alpha value is 0.290. The SMILES string of the molecule is CCC(CCC(C)C)C(C)Cl. The standard InChI is InChI=1S/C10H21Cl/c1-5-10(9(4)11)7-6-8(2)3/h8-10H,5-7H2,1-4H3. The molecule has 0 saturated carbocycles. The van der Waals surface area contributed by atoms with E-state index in [9.17, 15) is 0 Å². The zero-order valence-corrected chi connectivity index (χ0v) is 8.99. The van der Waals surface area contributed by atoms with Crippen LogP contribution in [-0.4, -0.2) is 5.38 Å². The Bertz CT molecular complexity index is 86.9. The Morgan fingerprint density at radius 2 is 1.64 bits per heavy atom. The van der Waals surface area contributed by atoms with Gasteiger partial charge in [0.05, 0.1) is 0 Å². The van der Waals surface area contributed by atoms with Crippen molar-refractivity contribution in [1.82, 2.24) is 0 Å². The van der Waals surface area contributed by atoms with E-state index in [0.717, 1.165) is 11.8 Å². The van der Waals surface area contributed by atoms with Crippen molar-refractivity contribution in [1.29, 1.82) is 0 Å². The molecule has 0 aromatic rings. The molecule has 0 aromatic carbocycles. The summed E-state index contributed by atoms with van der Waals surface area (Å²) < 4.78 is 0. The minimum absolute atomic E-state index is 0.346. The van der Waals surface area contributed by atoms with E-state index < -0.39 is 0 Å². The topological polar surface area (TPSA) is 0 Å². The average molecular weight is 177 g/mol. The molecule has 0 aliphatic carbocycles. The lowest BCUT2D eigenvalue weighted by atomic mass is 9.93. The Balaban J connectivity index is 3.52. The minimum atomic E-state index is 0.346. The van der Waals surface area contributed by atoms with Gasteiger partial charge in [-0.3, -0.25) is 0 Å². The first-order valence-corrected chi connectivity index (χ1v) is 5.15. The van der Waals surface area contributed by atoms with E-state index in [2.05, 4.69) is 27.7 Å². The Kier molecular flexibility index (Phi) is 6.03. The third-order valence-corrected chi connectivity index (χ3v) is 2.65. The van der Waals surface area contributed by atoms with E-state index in [1.807, 2.05) is 0 Å². The Morgan fingerprint density at radius 1 is 1.09 bits per heavy atom. The first-order chi connectivity index (χ1) is 5.07. The number of rotatable bonds is 5. The Morgan fingerprint density at radius 3 is 1.91 bits per heavy atom. The van der Waals surface area contributed by atoms with Gasteiger partial charge in [-0.2, -0.15) is 0 Å². The van der Waals surface area contributed by atoms with E-state index in [1.165, 1.54) is 19.3 Å². The smallest absolute Gasteiger partial charge is 0.0335 e. The molecule has 0 bridgehead atoms. The van der Waals surface area contributed by atoms with Crippen LogP contribution in [0.25, 0.3) is 0 Å². The lowest BCUT2D eigenvalue weighted by molar-refractivity contribution is 0.408. The predicted molar refractivity (Wildman–Crippen MR) is 53.2 cm³/mol. The summed E-state index contributed by atoms with van der Waals surface area (Å²) in [5.41, 5.74) is 0. The van der Waals surface area contributed by atoms with Crippen LogP contribution in [0.15, 0.2) is 0 Å². The molecule has 0 fully saturated rings. The maximum absolute atomic E-state index is 6.03. The molecule has 11 heavy (non-hydrogen) atoms. The fourth-order valence-electron chi connectivity index (χ4n) is 1.31. The third-order valence-electron chi connectivity index (χ3n) is 2.29. The minimum Gasteiger partial charge on any atom is -0.123 e. The van der Waals surface area contributed by atoms with Gasteiger partial charge in [0, 0.05) is 5.38 Å². The maximum Gasteiger partial charge on any atom is 0.0335 e. The van der Waals surface area contributed by atoms with Crippen LogP contribution in [0.5, 0.6) is 0 Å². The van der Waals surface area contributed by atoms with E-state index in [4.69, 9.17) is 11.6 Å². The lowest BCUT2D eigenvalue weighted by Gasteiger charge is -2.17. The molecule has 0 aliphatic heterocycles. The van der Waals surface area contributed by atoms with Gasteiger partial charge in [0.2, 0.25) is 0 Å². The van der Waals surface area contributed by atoms with Gasteiger partial charge in [-0.05, 0) is 25.2 Å². The third kappa shape index (κ3) is 5.55. The van der Waals surface area contributed by atoms with Crippen molar-refractivity contribution in [3.05, 3.63) is 0 Å². The summed E-state index contributed by atoms with van der Waals surface area (Å²) in [6.07, 6.45) is 3.83. The number of hydrogen-bond donors (Lipinski definition) is 0. The molecule has 0 radical (unpaired) electrons. The second-order valence-corrected chi connectivity index (χ2v) is 4.51. The largest absolute Gasteiger partial charge is 0.123 e. The maximum atomic E-state index is 6.03. The molecule has 0 rings (SSSR count). The van der Waals surface area contributed by atoms with Crippen LogP contribution in [0.1, 0.15) is 47.0 Å². The van der Waals surface area contributed by atoms with Gasteiger partial charge in [0.1, 0.15) is 0 Å². The van der Waals surface area contributed by atoms with Crippen LogP contribution in [0.4, 0.5) is 0 Å². The molecule has 0 aromatic heterocycles. The van der Waals surface area contributed by atoms with Gasteiger partial charge >= 0.3 is 0 Å². The van der Waals surface area contributed by atoms with Crippen LogP contribution < -0.4 is 0 Å². The average Bonchev–Trinajstić information content (AvgIpc) is 1.87. The normalized spacial score (nSPS) is 16.9. The second kappa shape index (κ2) is 5.88. The zero-order valence-electron chi connectivity index (χ0n) is 8.23. The molecule has 2 atom stereocenters. The highest BCUT2D eigenvalue weighted by molar-refractivity contribution is 6.20. The molecule has 1 heteroatoms. The molecule has 2 unspecified atom stereocenters. The summed E-state index contributed by atoms with van der Waals surface area (Å²) in [5, 5.41) is 0.346. The van der Waals surface area contributed by atoms with Gasteiger partial charge in [0.15, 0.2) is 0 Å². The first kappa shape index (κ1) is 11.3. The van der Waals surface area contributed by atoms with Crippen LogP contribution in [-0.2, 0) is 0 Å². The van der Waals surface area contributed by atoms with Crippen molar-refractivity contribution in [3.8, 4) is 0 Å². The van der Waals surface area contributed by atoms with Gasteiger partial charge in [0.25, 0.3) is 0 Å². The van der Waals surface area contributed by atoms with Crippen LogP contribution in [0, 0.1) is 11.8 Å². The van der Waals surface area contributed by atoms with Crippen molar-refractivity contribution in [2.24, 2.45) is 11.8 Å². The zero-order chi connectivity index (χ0) is 8.85. The summed E-state index contributed by atoms with van der Waals surface area (Å²) in [6, 6.07) is 0. The number of halogens is 1. The summed E-state index contributed by atoms with van der Waals surface area (Å²) in [4.78, 5) is 0. The van der Waals surface area contributed by atoms with Crippen molar-refractivity contribution < 1.29 is 0 Å². The molecule has 68 valence electrons. The van der Waals surface area contributed by atoms with Crippen molar-refractivity contribution >= 4 is 11.6 Å². The monoisotopic (exact) mass is 176 g/mol. The lowest BCUT2D eigenvalue weighted by Crippen LogP contribution is -2.11. The summed E-state index contributed by atoms with van der Waals surface area (Å²) >= 11 is 6.03. The molecule has 0 aliphatic rings. The van der Waals surface area contributed by atoms with Crippen LogP contribution >= 0.6 is 11.6 Å². The first-order valence-electron chi connectivity index (χ1n) is 4.72. The highest BCUT2D eigenvalue weighted by Gasteiger charge is 2.12.